The second kappa shape index (κ2) is 6.90. The molecule has 2 rings (SSSR count). The Morgan fingerprint density at radius 2 is 2.24 bits per heavy atom. The molecule has 0 unspecified atom stereocenters. The van der Waals surface area contributed by atoms with Gasteiger partial charge in [0.25, 0.3) is 0 Å². The molecule has 6 heteroatoms. The molecule has 0 fully saturated rings. The van der Waals surface area contributed by atoms with E-state index in [1.807, 2.05) is 16.8 Å². The quantitative estimate of drug-likeness (QED) is 0.627. The number of hydrogen-bond donors (Lipinski definition) is 0. The van der Waals surface area contributed by atoms with Crippen LogP contribution in [-0.4, -0.2) is 19.0 Å². The van der Waals surface area contributed by atoms with Gasteiger partial charge in [-0.15, -0.1) is 0 Å². The van der Waals surface area contributed by atoms with E-state index >= 15 is 0 Å². The third-order valence-electron chi connectivity index (χ3n) is 2.69. The maximum atomic E-state index is 11.6. The fourth-order valence-electron chi connectivity index (χ4n) is 1.65. The van der Waals surface area contributed by atoms with Gasteiger partial charge < -0.3 is 13.9 Å². The van der Waals surface area contributed by atoms with Gasteiger partial charge in [-0.1, -0.05) is 0 Å². The van der Waals surface area contributed by atoms with Crippen molar-refractivity contribution in [1.29, 1.82) is 0 Å². The lowest BCUT2D eigenvalue weighted by Gasteiger charge is -1.97. The van der Waals surface area contributed by atoms with Crippen LogP contribution in [0.1, 0.15) is 27.4 Å². The first kappa shape index (κ1) is 15.1. The lowest BCUT2D eigenvalue weighted by atomic mass is 10.2. The first-order valence-corrected chi connectivity index (χ1v) is 7.09. The van der Waals surface area contributed by atoms with Crippen molar-refractivity contribution in [1.82, 2.24) is 0 Å². The second-order valence-corrected chi connectivity index (χ2v) is 4.95. The molecule has 2 aromatic heterocycles. The summed E-state index contributed by atoms with van der Waals surface area (Å²) in [7, 11) is 1.30. The molecule has 2 heterocycles. The van der Waals surface area contributed by atoms with Crippen molar-refractivity contribution in [2.24, 2.45) is 0 Å². The number of carbonyl (C=O) groups is 2. The number of ether oxygens (including phenoxy) is 2. The molecule has 5 nitrogen and oxygen atoms in total. The summed E-state index contributed by atoms with van der Waals surface area (Å²) in [6.07, 6.45) is 3.02. The first-order chi connectivity index (χ1) is 10.1. The molecule has 0 aromatic carbocycles. The molecule has 0 aliphatic rings. The number of methoxy groups -OCH3 is 1. The molecule has 0 saturated heterocycles. The molecule has 0 bridgehead atoms. The molecule has 0 N–H and O–H groups in total. The molecule has 0 saturated carbocycles. The third-order valence-corrected chi connectivity index (χ3v) is 3.39. The van der Waals surface area contributed by atoms with Crippen molar-refractivity contribution < 1.29 is 23.5 Å². The molecule has 0 aliphatic heterocycles. The zero-order valence-corrected chi connectivity index (χ0v) is 12.4. The minimum Gasteiger partial charge on any atom is -0.465 e. The normalized spacial score (nSPS) is 10.8. The summed E-state index contributed by atoms with van der Waals surface area (Å²) < 4.78 is 15.0. The van der Waals surface area contributed by atoms with E-state index in [0.29, 0.717) is 17.1 Å². The van der Waals surface area contributed by atoms with Crippen LogP contribution in [0.25, 0.3) is 6.08 Å². The van der Waals surface area contributed by atoms with Gasteiger partial charge in [0.2, 0.25) is 0 Å². The van der Waals surface area contributed by atoms with Crippen molar-refractivity contribution >= 4 is 29.4 Å². The van der Waals surface area contributed by atoms with Crippen LogP contribution in [0.15, 0.2) is 33.4 Å². The smallest absolute Gasteiger partial charge is 0.341 e. The molecule has 0 spiro atoms. The average Bonchev–Trinajstić information content (AvgIpc) is 3.11. The fraction of sp³-hybridized carbons (Fsp3) is 0.200. The van der Waals surface area contributed by atoms with E-state index in [1.54, 1.807) is 24.3 Å². The number of thiophene rings is 1. The second-order valence-electron chi connectivity index (χ2n) is 4.17. The molecule has 0 aliphatic carbocycles. The van der Waals surface area contributed by atoms with Crippen molar-refractivity contribution in [3.63, 3.8) is 0 Å². The van der Waals surface area contributed by atoms with Crippen LogP contribution in [0.3, 0.4) is 0 Å². The van der Waals surface area contributed by atoms with Crippen LogP contribution < -0.4 is 0 Å². The van der Waals surface area contributed by atoms with E-state index in [2.05, 4.69) is 4.74 Å². The molecule has 110 valence electrons. The van der Waals surface area contributed by atoms with Crippen LogP contribution in [-0.2, 0) is 20.9 Å². The van der Waals surface area contributed by atoms with Crippen molar-refractivity contribution in [2.45, 2.75) is 13.5 Å². The highest BCUT2D eigenvalue weighted by molar-refractivity contribution is 7.08. The van der Waals surface area contributed by atoms with Gasteiger partial charge in [-0.05, 0) is 41.5 Å². The van der Waals surface area contributed by atoms with E-state index in [0.717, 1.165) is 5.56 Å². The maximum absolute atomic E-state index is 11.6. The largest absolute Gasteiger partial charge is 0.465 e. The molecule has 2 aromatic rings. The van der Waals surface area contributed by atoms with Crippen LogP contribution in [0.2, 0.25) is 0 Å². The third kappa shape index (κ3) is 4.06. The number of aryl methyl sites for hydroxylation is 1. The van der Waals surface area contributed by atoms with Gasteiger partial charge in [0.05, 0.1) is 7.11 Å². The van der Waals surface area contributed by atoms with E-state index in [4.69, 9.17) is 9.15 Å². The number of hydrogen-bond acceptors (Lipinski definition) is 6. The van der Waals surface area contributed by atoms with Crippen LogP contribution in [0, 0.1) is 6.92 Å². The fourth-order valence-corrected chi connectivity index (χ4v) is 2.28. The van der Waals surface area contributed by atoms with Crippen molar-refractivity contribution in [3.05, 3.63) is 51.6 Å². The highest BCUT2D eigenvalue weighted by Crippen LogP contribution is 2.16. The predicted octanol–water partition coefficient (Wildman–Crippen LogP) is 3.19. The summed E-state index contributed by atoms with van der Waals surface area (Å²) in [5, 5.41) is 3.84. The lowest BCUT2D eigenvalue weighted by Crippen LogP contribution is -2.01. The van der Waals surface area contributed by atoms with E-state index in [1.165, 1.54) is 19.3 Å². The SMILES string of the molecule is COC(=O)c1cc(COC(=O)/C=C/c2ccsc2)oc1C. The van der Waals surface area contributed by atoms with Gasteiger partial charge in [0, 0.05) is 6.08 Å². The van der Waals surface area contributed by atoms with Gasteiger partial charge in [-0.2, -0.15) is 11.3 Å². The zero-order chi connectivity index (χ0) is 15.2. The number of rotatable bonds is 5. The highest BCUT2D eigenvalue weighted by atomic mass is 32.1. The Labute approximate surface area is 125 Å². The molecular formula is C15H14O5S. The monoisotopic (exact) mass is 306 g/mol. The summed E-state index contributed by atoms with van der Waals surface area (Å²) in [5.41, 5.74) is 1.27. The van der Waals surface area contributed by atoms with Gasteiger partial charge in [-0.3, -0.25) is 0 Å². The summed E-state index contributed by atoms with van der Waals surface area (Å²) in [5.74, 6) is -0.132. The summed E-state index contributed by atoms with van der Waals surface area (Å²) in [6.45, 7) is 1.61. The highest BCUT2D eigenvalue weighted by Gasteiger charge is 2.15. The lowest BCUT2D eigenvalue weighted by molar-refractivity contribution is -0.139. The minimum absolute atomic E-state index is 0.0371. The Balaban J connectivity index is 1.91. The van der Waals surface area contributed by atoms with Crippen LogP contribution in [0.5, 0.6) is 0 Å². The molecule has 0 atom stereocenters. The van der Waals surface area contributed by atoms with E-state index in [-0.39, 0.29) is 6.61 Å². The summed E-state index contributed by atoms with van der Waals surface area (Å²) in [6, 6.07) is 3.41. The van der Waals surface area contributed by atoms with Gasteiger partial charge in [-0.25, -0.2) is 9.59 Å². The van der Waals surface area contributed by atoms with Gasteiger partial charge >= 0.3 is 11.9 Å². The number of furan rings is 1. The van der Waals surface area contributed by atoms with Crippen molar-refractivity contribution in [3.8, 4) is 0 Å². The summed E-state index contributed by atoms with van der Waals surface area (Å²) >= 11 is 1.55. The molecular weight excluding hydrogens is 292 g/mol. The first-order valence-electron chi connectivity index (χ1n) is 6.15. The van der Waals surface area contributed by atoms with Gasteiger partial charge in [0.15, 0.2) is 0 Å². The Morgan fingerprint density at radius 3 is 2.90 bits per heavy atom. The van der Waals surface area contributed by atoms with Crippen LogP contribution >= 0.6 is 11.3 Å². The number of carbonyl (C=O) groups excluding carboxylic acids is 2. The standard InChI is InChI=1S/C15H14O5S/c1-10-13(15(17)18-2)7-12(20-10)8-19-14(16)4-3-11-5-6-21-9-11/h3-7,9H,8H2,1-2H3/b4-3+. The minimum atomic E-state index is -0.480. The topological polar surface area (TPSA) is 65.7 Å². The Kier molecular flexibility index (Phi) is 4.94. The van der Waals surface area contributed by atoms with Crippen molar-refractivity contribution in [2.75, 3.05) is 7.11 Å². The molecule has 0 radical (unpaired) electrons. The Morgan fingerprint density at radius 1 is 1.43 bits per heavy atom. The Bertz CT molecular complexity index is 652. The van der Waals surface area contributed by atoms with E-state index < -0.39 is 11.9 Å². The average molecular weight is 306 g/mol. The molecule has 0 amide bonds. The Hall–Kier alpha value is -2.34. The maximum Gasteiger partial charge on any atom is 0.341 e. The summed E-state index contributed by atoms with van der Waals surface area (Å²) in [4.78, 5) is 23.0. The van der Waals surface area contributed by atoms with E-state index in [9.17, 15) is 9.59 Å². The zero-order valence-electron chi connectivity index (χ0n) is 11.6. The molecule has 21 heavy (non-hydrogen) atoms. The number of esters is 2. The predicted molar refractivity (Wildman–Crippen MR) is 77.9 cm³/mol. The van der Waals surface area contributed by atoms with Crippen LogP contribution in [0.4, 0.5) is 0 Å². The van der Waals surface area contributed by atoms with Gasteiger partial charge in [0.1, 0.15) is 23.7 Å².